The van der Waals surface area contributed by atoms with Gasteiger partial charge in [0.05, 0.1) is 5.69 Å². The Labute approximate surface area is 79.3 Å². The highest BCUT2D eigenvalue weighted by Gasteiger charge is 2.15. The standard InChI is InChI=1S/C10H17N3/c1-9(2)12-6-3-7-13-10(8-12)4-5-11-13/h4-5,9H,3,6-8H2,1-2H3. The number of aryl methyl sites for hydroxylation is 1. The third-order valence-corrected chi connectivity index (χ3v) is 2.72. The molecule has 1 aliphatic heterocycles. The van der Waals surface area contributed by atoms with Crippen LogP contribution < -0.4 is 0 Å². The van der Waals surface area contributed by atoms with Crippen molar-refractivity contribution in [2.24, 2.45) is 0 Å². The molecule has 0 bridgehead atoms. The van der Waals surface area contributed by atoms with E-state index < -0.39 is 0 Å². The molecule has 2 rings (SSSR count). The third-order valence-electron chi connectivity index (χ3n) is 2.72. The third kappa shape index (κ3) is 1.75. The van der Waals surface area contributed by atoms with Gasteiger partial charge < -0.3 is 0 Å². The zero-order valence-electron chi connectivity index (χ0n) is 8.40. The van der Waals surface area contributed by atoms with Crippen LogP contribution in [0.2, 0.25) is 0 Å². The highest BCUT2D eigenvalue weighted by atomic mass is 15.3. The summed E-state index contributed by atoms with van der Waals surface area (Å²) in [6.07, 6.45) is 3.12. The summed E-state index contributed by atoms with van der Waals surface area (Å²) in [5, 5.41) is 4.30. The van der Waals surface area contributed by atoms with Crippen molar-refractivity contribution in [3.05, 3.63) is 18.0 Å². The zero-order valence-corrected chi connectivity index (χ0v) is 8.40. The first-order chi connectivity index (χ1) is 6.27. The van der Waals surface area contributed by atoms with E-state index in [-0.39, 0.29) is 0 Å². The lowest BCUT2D eigenvalue weighted by molar-refractivity contribution is 0.216. The first kappa shape index (κ1) is 8.75. The van der Waals surface area contributed by atoms with Gasteiger partial charge in [0.25, 0.3) is 0 Å². The summed E-state index contributed by atoms with van der Waals surface area (Å²) in [6, 6.07) is 2.77. The van der Waals surface area contributed by atoms with Crippen LogP contribution in [0.1, 0.15) is 26.0 Å². The van der Waals surface area contributed by atoms with Gasteiger partial charge in [-0.3, -0.25) is 9.58 Å². The van der Waals surface area contributed by atoms with Crippen LogP contribution in [-0.4, -0.2) is 27.3 Å². The van der Waals surface area contributed by atoms with E-state index in [1.165, 1.54) is 18.7 Å². The lowest BCUT2D eigenvalue weighted by Crippen LogP contribution is -2.30. The first-order valence-corrected chi connectivity index (χ1v) is 5.02. The van der Waals surface area contributed by atoms with E-state index in [0.717, 1.165) is 13.1 Å². The van der Waals surface area contributed by atoms with Gasteiger partial charge >= 0.3 is 0 Å². The Kier molecular flexibility index (Phi) is 2.36. The largest absolute Gasteiger partial charge is 0.295 e. The van der Waals surface area contributed by atoms with E-state index in [1.807, 2.05) is 6.20 Å². The topological polar surface area (TPSA) is 21.1 Å². The molecule has 0 unspecified atom stereocenters. The summed E-state index contributed by atoms with van der Waals surface area (Å²) in [5.41, 5.74) is 1.35. The molecule has 0 aromatic carbocycles. The predicted octanol–water partition coefficient (Wildman–Crippen LogP) is 1.50. The van der Waals surface area contributed by atoms with Gasteiger partial charge in [0.2, 0.25) is 0 Å². The normalized spacial score (nSPS) is 18.7. The maximum Gasteiger partial charge on any atom is 0.0524 e. The summed E-state index contributed by atoms with van der Waals surface area (Å²) < 4.78 is 2.13. The van der Waals surface area contributed by atoms with Crippen molar-refractivity contribution in [1.82, 2.24) is 14.7 Å². The quantitative estimate of drug-likeness (QED) is 0.651. The Hall–Kier alpha value is -0.830. The van der Waals surface area contributed by atoms with Gasteiger partial charge in [-0.2, -0.15) is 5.10 Å². The minimum Gasteiger partial charge on any atom is -0.295 e. The molecule has 3 heteroatoms. The van der Waals surface area contributed by atoms with Crippen LogP contribution in [0.3, 0.4) is 0 Å². The second-order valence-corrected chi connectivity index (χ2v) is 3.96. The molecular weight excluding hydrogens is 162 g/mol. The van der Waals surface area contributed by atoms with Crippen molar-refractivity contribution in [2.75, 3.05) is 6.54 Å². The summed E-state index contributed by atoms with van der Waals surface area (Å²) >= 11 is 0. The molecule has 0 aliphatic carbocycles. The first-order valence-electron chi connectivity index (χ1n) is 5.02. The van der Waals surface area contributed by atoms with Gasteiger partial charge in [0.15, 0.2) is 0 Å². The van der Waals surface area contributed by atoms with E-state index >= 15 is 0 Å². The second-order valence-electron chi connectivity index (χ2n) is 3.96. The average Bonchev–Trinajstić information content (AvgIpc) is 2.42. The molecule has 0 N–H and O–H groups in total. The van der Waals surface area contributed by atoms with Crippen LogP contribution in [0.25, 0.3) is 0 Å². The molecule has 0 atom stereocenters. The molecule has 2 heterocycles. The van der Waals surface area contributed by atoms with Crippen molar-refractivity contribution in [2.45, 2.75) is 39.4 Å². The van der Waals surface area contributed by atoms with Gasteiger partial charge in [-0.05, 0) is 26.3 Å². The summed E-state index contributed by atoms with van der Waals surface area (Å²) in [5.74, 6) is 0. The number of hydrogen-bond donors (Lipinski definition) is 0. The maximum atomic E-state index is 4.30. The molecule has 0 spiro atoms. The van der Waals surface area contributed by atoms with Gasteiger partial charge in [0.1, 0.15) is 0 Å². The van der Waals surface area contributed by atoms with Gasteiger partial charge in [-0.25, -0.2) is 0 Å². The Morgan fingerprint density at radius 2 is 2.23 bits per heavy atom. The molecule has 0 radical (unpaired) electrons. The fraction of sp³-hybridized carbons (Fsp3) is 0.700. The predicted molar refractivity (Wildman–Crippen MR) is 52.4 cm³/mol. The molecule has 13 heavy (non-hydrogen) atoms. The van der Waals surface area contributed by atoms with Crippen LogP contribution in [0, 0.1) is 0 Å². The van der Waals surface area contributed by atoms with E-state index in [2.05, 4.69) is 34.6 Å². The molecule has 0 amide bonds. The SMILES string of the molecule is CC(C)N1CCCn2nccc2C1. The average molecular weight is 179 g/mol. The molecular formula is C10H17N3. The molecule has 1 aromatic rings. The molecule has 72 valence electrons. The fourth-order valence-corrected chi connectivity index (χ4v) is 1.85. The zero-order chi connectivity index (χ0) is 9.26. The smallest absolute Gasteiger partial charge is 0.0524 e. The minimum atomic E-state index is 0.640. The molecule has 3 nitrogen and oxygen atoms in total. The minimum absolute atomic E-state index is 0.640. The van der Waals surface area contributed by atoms with Crippen molar-refractivity contribution >= 4 is 0 Å². The van der Waals surface area contributed by atoms with Crippen LogP contribution in [0.5, 0.6) is 0 Å². The molecule has 0 fully saturated rings. The van der Waals surface area contributed by atoms with Crippen molar-refractivity contribution in [3.63, 3.8) is 0 Å². The van der Waals surface area contributed by atoms with Crippen LogP contribution >= 0.6 is 0 Å². The number of hydrogen-bond acceptors (Lipinski definition) is 2. The Morgan fingerprint density at radius 3 is 3.00 bits per heavy atom. The Morgan fingerprint density at radius 1 is 1.38 bits per heavy atom. The molecule has 1 aliphatic rings. The summed E-state index contributed by atoms with van der Waals surface area (Å²) in [7, 11) is 0. The van der Waals surface area contributed by atoms with Gasteiger partial charge in [-0.15, -0.1) is 0 Å². The van der Waals surface area contributed by atoms with Crippen LogP contribution in [-0.2, 0) is 13.1 Å². The number of fused-ring (bicyclic) bond motifs is 1. The lowest BCUT2D eigenvalue weighted by Gasteiger charge is -2.23. The second kappa shape index (κ2) is 3.50. The monoisotopic (exact) mass is 179 g/mol. The van der Waals surface area contributed by atoms with Crippen LogP contribution in [0.15, 0.2) is 12.3 Å². The van der Waals surface area contributed by atoms with Gasteiger partial charge in [0, 0.05) is 31.9 Å². The van der Waals surface area contributed by atoms with E-state index in [4.69, 9.17) is 0 Å². The Bertz CT molecular complexity index is 277. The van der Waals surface area contributed by atoms with E-state index in [0.29, 0.717) is 6.04 Å². The van der Waals surface area contributed by atoms with E-state index in [1.54, 1.807) is 0 Å². The molecule has 0 saturated carbocycles. The number of aromatic nitrogens is 2. The Balaban J connectivity index is 2.17. The molecule has 1 aromatic heterocycles. The lowest BCUT2D eigenvalue weighted by atomic mass is 10.3. The van der Waals surface area contributed by atoms with Crippen molar-refractivity contribution in [3.8, 4) is 0 Å². The van der Waals surface area contributed by atoms with Crippen molar-refractivity contribution < 1.29 is 0 Å². The van der Waals surface area contributed by atoms with Crippen LogP contribution in [0.4, 0.5) is 0 Å². The van der Waals surface area contributed by atoms with Crippen molar-refractivity contribution in [1.29, 1.82) is 0 Å². The van der Waals surface area contributed by atoms with E-state index in [9.17, 15) is 0 Å². The summed E-state index contributed by atoms with van der Waals surface area (Å²) in [6.45, 7) is 7.84. The highest BCUT2D eigenvalue weighted by Crippen LogP contribution is 2.13. The molecule has 0 saturated heterocycles. The van der Waals surface area contributed by atoms with Gasteiger partial charge in [-0.1, -0.05) is 0 Å². The number of rotatable bonds is 1. The highest BCUT2D eigenvalue weighted by molar-refractivity contribution is 5.01. The number of nitrogens with zero attached hydrogens (tertiary/aromatic N) is 3. The summed E-state index contributed by atoms with van der Waals surface area (Å²) in [4.78, 5) is 2.50. The maximum absolute atomic E-state index is 4.30. The fourth-order valence-electron chi connectivity index (χ4n) is 1.85.